The summed E-state index contributed by atoms with van der Waals surface area (Å²) in [6.45, 7) is 3.46. The van der Waals surface area contributed by atoms with Gasteiger partial charge in [-0.1, -0.05) is 15.9 Å². The zero-order valence-corrected chi connectivity index (χ0v) is 13.5. The molecule has 0 aliphatic carbocycles. The molecule has 114 valence electrons. The molecule has 1 heterocycles. The van der Waals surface area contributed by atoms with Gasteiger partial charge in [-0.3, -0.25) is 9.59 Å². The Morgan fingerprint density at radius 1 is 1.57 bits per heavy atom. The highest BCUT2D eigenvalue weighted by Crippen LogP contribution is 2.33. The molecular formula is C15H17BrFNO3. The first-order chi connectivity index (χ1) is 9.93. The van der Waals surface area contributed by atoms with Crippen molar-refractivity contribution in [2.24, 2.45) is 0 Å². The van der Waals surface area contributed by atoms with Gasteiger partial charge in [-0.25, -0.2) is 4.39 Å². The van der Waals surface area contributed by atoms with Crippen molar-refractivity contribution in [3.63, 3.8) is 0 Å². The highest BCUT2D eigenvalue weighted by Gasteiger charge is 2.35. The van der Waals surface area contributed by atoms with Gasteiger partial charge in [-0.05, 0) is 37.6 Å². The molecule has 0 fully saturated rings. The maximum atomic E-state index is 13.9. The fraction of sp³-hybridized carbons (Fsp3) is 0.467. The fourth-order valence-electron chi connectivity index (χ4n) is 2.52. The number of alkyl halides is 1. The SMILES string of the molecule is CCOC(=O)CN1C[C@@H]([C@@H](C)F)c2cc(Br)ccc2C1=O. The number of fused-ring (bicyclic) bond motifs is 1. The van der Waals surface area contributed by atoms with E-state index in [9.17, 15) is 14.0 Å². The lowest BCUT2D eigenvalue weighted by molar-refractivity contribution is -0.144. The van der Waals surface area contributed by atoms with Crippen LogP contribution in [-0.2, 0) is 9.53 Å². The van der Waals surface area contributed by atoms with E-state index < -0.39 is 18.1 Å². The smallest absolute Gasteiger partial charge is 0.325 e. The van der Waals surface area contributed by atoms with Gasteiger partial charge in [0.1, 0.15) is 12.7 Å². The summed E-state index contributed by atoms with van der Waals surface area (Å²) in [5, 5.41) is 0. The van der Waals surface area contributed by atoms with Gasteiger partial charge in [0.05, 0.1) is 6.61 Å². The van der Waals surface area contributed by atoms with Crippen LogP contribution in [0.15, 0.2) is 22.7 Å². The molecule has 4 nitrogen and oxygen atoms in total. The van der Waals surface area contributed by atoms with Gasteiger partial charge in [0.2, 0.25) is 0 Å². The van der Waals surface area contributed by atoms with Crippen LogP contribution in [0, 0.1) is 0 Å². The lowest BCUT2D eigenvalue weighted by Crippen LogP contribution is -2.44. The molecule has 1 aliphatic rings. The molecule has 0 N–H and O–H groups in total. The van der Waals surface area contributed by atoms with Crippen molar-refractivity contribution in [3.05, 3.63) is 33.8 Å². The summed E-state index contributed by atoms with van der Waals surface area (Å²) in [5.41, 5.74) is 1.13. The van der Waals surface area contributed by atoms with Gasteiger partial charge in [0.25, 0.3) is 5.91 Å². The summed E-state index contributed by atoms with van der Waals surface area (Å²) in [4.78, 5) is 25.4. The molecule has 0 spiro atoms. The molecule has 6 heteroatoms. The lowest BCUT2D eigenvalue weighted by atomic mass is 9.86. The third kappa shape index (κ3) is 3.43. The highest BCUT2D eigenvalue weighted by atomic mass is 79.9. The lowest BCUT2D eigenvalue weighted by Gasteiger charge is -2.34. The first kappa shape index (κ1) is 15.9. The Balaban J connectivity index is 2.31. The third-order valence-electron chi connectivity index (χ3n) is 3.53. The Kier molecular flexibility index (Phi) is 4.98. The van der Waals surface area contributed by atoms with Crippen LogP contribution in [0.25, 0.3) is 0 Å². The van der Waals surface area contributed by atoms with Crippen molar-refractivity contribution in [1.82, 2.24) is 4.90 Å². The van der Waals surface area contributed by atoms with Crippen LogP contribution in [-0.4, -0.2) is 42.6 Å². The number of hydrogen-bond acceptors (Lipinski definition) is 3. The third-order valence-corrected chi connectivity index (χ3v) is 4.02. The second-order valence-electron chi connectivity index (χ2n) is 5.01. The van der Waals surface area contributed by atoms with Gasteiger partial charge in [0.15, 0.2) is 0 Å². The minimum Gasteiger partial charge on any atom is -0.465 e. The van der Waals surface area contributed by atoms with E-state index in [4.69, 9.17) is 4.74 Å². The van der Waals surface area contributed by atoms with E-state index in [1.54, 1.807) is 25.1 Å². The van der Waals surface area contributed by atoms with Crippen molar-refractivity contribution >= 4 is 27.8 Å². The molecule has 1 amide bonds. The summed E-state index contributed by atoms with van der Waals surface area (Å²) >= 11 is 3.34. The second-order valence-corrected chi connectivity index (χ2v) is 5.92. The van der Waals surface area contributed by atoms with Gasteiger partial charge in [0, 0.05) is 22.5 Å². The number of nitrogens with zero attached hydrogens (tertiary/aromatic N) is 1. The number of rotatable bonds is 4. The average Bonchev–Trinajstić information content (AvgIpc) is 2.41. The van der Waals surface area contributed by atoms with E-state index in [2.05, 4.69) is 15.9 Å². The van der Waals surface area contributed by atoms with Gasteiger partial charge < -0.3 is 9.64 Å². The fourth-order valence-corrected chi connectivity index (χ4v) is 2.89. The number of hydrogen-bond donors (Lipinski definition) is 0. The normalized spacial score (nSPS) is 19.1. The first-order valence-electron chi connectivity index (χ1n) is 6.82. The van der Waals surface area contributed by atoms with Crippen LogP contribution in [0.5, 0.6) is 0 Å². The van der Waals surface area contributed by atoms with E-state index in [1.807, 2.05) is 0 Å². The maximum absolute atomic E-state index is 13.9. The minimum absolute atomic E-state index is 0.147. The summed E-state index contributed by atoms with van der Waals surface area (Å²) < 4.78 is 19.6. The minimum atomic E-state index is -1.11. The van der Waals surface area contributed by atoms with E-state index in [0.717, 1.165) is 4.47 Å². The quantitative estimate of drug-likeness (QED) is 0.778. The average molecular weight is 358 g/mol. The number of esters is 1. The predicted octanol–water partition coefficient (Wildman–Crippen LogP) is 2.91. The van der Waals surface area contributed by atoms with Crippen LogP contribution in [0.2, 0.25) is 0 Å². The standard InChI is InChI=1S/C15H17BrFNO3/c1-3-21-14(19)8-18-7-13(9(2)17)12-6-10(16)4-5-11(12)15(18)20/h4-6,9,13H,3,7-8H2,1-2H3/t9-,13+/m1/s1. The van der Waals surface area contributed by atoms with Gasteiger partial charge >= 0.3 is 5.97 Å². The predicted molar refractivity (Wildman–Crippen MR) is 80.0 cm³/mol. The van der Waals surface area contributed by atoms with Gasteiger partial charge in [-0.2, -0.15) is 0 Å². The molecule has 0 radical (unpaired) electrons. The Labute approximate surface area is 131 Å². The van der Waals surface area contributed by atoms with Gasteiger partial charge in [-0.15, -0.1) is 0 Å². The molecule has 1 aromatic rings. The van der Waals surface area contributed by atoms with Crippen molar-refractivity contribution in [1.29, 1.82) is 0 Å². The maximum Gasteiger partial charge on any atom is 0.325 e. The zero-order chi connectivity index (χ0) is 15.6. The van der Waals surface area contributed by atoms with Crippen LogP contribution in [0.3, 0.4) is 0 Å². The molecule has 21 heavy (non-hydrogen) atoms. The van der Waals surface area contributed by atoms with Crippen molar-refractivity contribution in [3.8, 4) is 0 Å². The first-order valence-corrected chi connectivity index (χ1v) is 7.61. The molecule has 0 aromatic heterocycles. The van der Waals surface area contributed by atoms with E-state index in [1.165, 1.54) is 11.8 Å². The number of carbonyl (C=O) groups is 2. The molecule has 1 aromatic carbocycles. The molecule has 0 saturated carbocycles. The number of halogens is 2. The zero-order valence-electron chi connectivity index (χ0n) is 11.9. The number of ether oxygens (including phenoxy) is 1. The Morgan fingerprint density at radius 2 is 2.29 bits per heavy atom. The Morgan fingerprint density at radius 3 is 2.90 bits per heavy atom. The Bertz CT molecular complexity index is 562. The highest BCUT2D eigenvalue weighted by molar-refractivity contribution is 9.10. The largest absolute Gasteiger partial charge is 0.465 e. The van der Waals surface area contributed by atoms with E-state index in [0.29, 0.717) is 11.1 Å². The monoisotopic (exact) mass is 357 g/mol. The van der Waals surface area contributed by atoms with Crippen LogP contribution >= 0.6 is 15.9 Å². The molecular weight excluding hydrogens is 341 g/mol. The van der Waals surface area contributed by atoms with Crippen molar-refractivity contribution in [2.75, 3.05) is 19.7 Å². The molecule has 2 atom stereocenters. The van der Waals surface area contributed by atoms with Crippen LogP contribution < -0.4 is 0 Å². The van der Waals surface area contributed by atoms with Crippen molar-refractivity contribution < 1.29 is 18.7 Å². The molecule has 1 aliphatic heterocycles. The number of amides is 1. The molecule has 0 unspecified atom stereocenters. The number of carbonyl (C=O) groups excluding carboxylic acids is 2. The Hall–Kier alpha value is -1.43. The molecule has 2 rings (SSSR count). The van der Waals surface area contributed by atoms with Crippen LogP contribution in [0.4, 0.5) is 4.39 Å². The van der Waals surface area contributed by atoms with E-state index >= 15 is 0 Å². The second kappa shape index (κ2) is 6.56. The van der Waals surface area contributed by atoms with Crippen LogP contribution in [0.1, 0.15) is 35.7 Å². The van der Waals surface area contributed by atoms with E-state index in [-0.39, 0.29) is 25.6 Å². The topological polar surface area (TPSA) is 46.6 Å². The number of benzene rings is 1. The van der Waals surface area contributed by atoms with Crippen molar-refractivity contribution in [2.45, 2.75) is 25.9 Å². The summed E-state index contributed by atoms with van der Waals surface area (Å²) in [6, 6.07) is 5.18. The summed E-state index contributed by atoms with van der Waals surface area (Å²) in [6.07, 6.45) is -1.11. The molecule has 0 bridgehead atoms. The molecule has 0 saturated heterocycles. The summed E-state index contributed by atoms with van der Waals surface area (Å²) in [5.74, 6) is -1.18. The summed E-state index contributed by atoms with van der Waals surface area (Å²) in [7, 11) is 0.